The van der Waals surface area contributed by atoms with Gasteiger partial charge in [-0.25, -0.2) is 9.88 Å². The van der Waals surface area contributed by atoms with Crippen molar-refractivity contribution < 1.29 is 14.3 Å². The summed E-state index contributed by atoms with van der Waals surface area (Å²) in [6.07, 6.45) is 4.43. The molecule has 0 saturated carbocycles. The maximum Gasteiger partial charge on any atom is 0.267 e. The van der Waals surface area contributed by atoms with Crippen LogP contribution >= 0.6 is 15.9 Å². The van der Waals surface area contributed by atoms with Gasteiger partial charge in [0, 0.05) is 17.2 Å². The Morgan fingerprint density at radius 3 is 2.56 bits per heavy atom. The summed E-state index contributed by atoms with van der Waals surface area (Å²) in [5, 5.41) is 0.717. The SMILES string of the molecule is O=C1c2ccccc2C(=O)N1c1ncc2c3c1c(Br)cn3CCCO2. The molecule has 0 radical (unpaired) electrons. The quantitative estimate of drug-likeness (QED) is 0.590. The molecule has 0 saturated heterocycles. The molecular formula is C18H12BrN3O3. The van der Waals surface area contributed by atoms with Gasteiger partial charge in [-0.2, -0.15) is 0 Å². The third-order valence-electron chi connectivity index (χ3n) is 4.60. The van der Waals surface area contributed by atoms with Crippen molar-refractivity contribution >= 4 is 44.5 Å². The van der Waals surface area contributed by atoms with Crippen LogP contribution in [0.4, 0.5) is 5.82 Å². The minimum atomic E-state index is -0.349. The highest BCUT2D eigenvalue weighted by molar-refractivity contribution is 9.10. The summed E-state index contributed by atoms with van der Waals surface area (Å²) in [5.41, 5.74) is 1.66. The Bertz CT molecular complexity index is 1040. The van der Waals surface area contributed by atoms with Gasteiger partial charge >= 0.3 is 0 Å². The third kappa shape index (κ3) is 1.93. The molecule has 0 spiro atoms. The number of benzene rings is 1. The number of pyridine rings is 1. The number of carbonyl (C=O) groups is 2. The Kier molecular flexibility index (Phi) is 3.03. The number of anilines is 1. The molecule has 25 heavy (non-hydrogen) atoms. The van der Waals surface area contributed by atoms with Crippen LogP contribution in [0.3, 0.4) is 0 Å². The number of carbonyl (C=O) groups excluding carboxylic acids is 2. The molecule has 0 unspecified atom stereocenters. The van der Waals surface area contributed by atoms with Crippen molar-refractivity contribution in [1.82, 2.24) is 9.55 Å². The van der Waals surface area contributed by atoms with Crippen LogP contribution in [0.1, 0.15) is 27.1 Å². The van der Waals surface area contributed by atoms with Gasteiger partial charge in [0.05, 0.1) is 34.8 Å². The first-order valence-corrected chi connectivity index (χ1v) is 8.74. The molecule has 2 aliphatic rings. The highest BCUT2D eigenvalue weighted by atomic mass is 79.9. The van der Waals surface area contributed by atoms with E-state index >= 15 is 0 Å². The summed E-state index contributed by atoms with van der Waals surface area (Å²) in [6, 6.07) is 6.84. The normalized spacial score (nSPS) is 16.1. The second-order valence-corrected chi connectivity index (χ2v) is 6.89. The number of fused-ring (bicyclic) bond motifs is 1. The van der Waals surface area contributed by atoms with E-state index in [4.69, 9.17) is 4.74 Å². The van der Waals surface area contributed by atoms with E-state index in [1.54, 1.807) is 30.5 Å². The average Bonchev–Trinajstić information content (AvgIpc) is 2.98. The highest BCUT2D eigenvalue weighted by Crippen LogP contribution is 2.41. The van der Waals surface area contributed by atoms with Crippen LogP contribution in [-0.4, -0.2) is 28.0 Å². The molecular weight excluding hydrogens is 386 g/mol. The number of amides is 2. The predicted octanol–water partition coefficient (Wildman–Crippen LogP) is 3.38. The Labute approximate surface area is 151 Å². The van der Waals surface area contributed by atoms with E-state index in [9.17, 15) is 9.59 Å². The largest absolute Gasteiger partial charge is 0.490 e. The van der Waals surface area contributed by atoms with Crippen LogP contribution in [0, 0.1) is 0 Å². The fourth-order valence-corrected chi connectivity index (χ4v) is 4.11. The molecule has 4 heterocycles. The molecule has 124 valence electrons. The molecule has 7 heteroatoms. The van der Waals surface area contributed by atoms with Crippen molar-refractivity contribution in [3.8, 4) is 5.75 Å². The lowest BCUT2D eigenvalue weighted by Crippen LogP contribution is -2.30. The van der Waals surface area contributed by atoms with E-state index in [0.29, 0.717) is 34.7 Å². The lowest BCUT2D eigenvalue weighted by Gasteiger charge is -2.15. The summed E-state index contributed by atoms with van der Waals surface area (Å²) in [7, 11) is 0. The zero-order valence-corrected chi connectivity index (χ0v) is 14.6. The summed E-state index contributed by atoms with van der Waals surface area (Å²) < 4.78 is 8.63. The molecule has 0 atom stereocenters. The van der Waals surface area contributed by atoms with E-state index in [1.807, 2.05) is 6.20 Å². The zero-order chi connectivity index (χ0) is 17.1. The maximum atomic E-state index is 12.8. The van der Waals surface area contributed by atoms with Gasteiger partial charge in [0.25, 0.3) is 11.8 Å². The first kappa shape index (κ1) is 14.7. The van der Waals surface area contributed by atoms with Gasteiger partial charge in [-0.1, -0.05) is 12.1 Å². The topological polar surface area (TPSA) is 64.4 Å². The minimum absolute atomic E-state index is 0.334. The van der Waals surface area contributed by atoms with Gasteiger partial charge in [-0.15, -0.1) is 0 Å². The fraction of sp³-hybridized carbons (Fsp3) is 0.167. The van der Waals surface area contributed by atoms with Gasteiger partial charge in [0.15, 0.2) is 11.6 Å². The molecule has 0 N–H and O–H groups in total. The smallest absolute Gasteiger partial charge is 0.267 e. The summed E-state index contributed by atoms with van der Waals surface area (Å²) in [4.78, 5) is 31.2. The predicted molar refractivity (Wildman–Crippen MR) is 95.1 cm³/mol. The minimum Gasteiger partial charge on any atom is -0.490 e. The van der Waals surface area contributed by atoms with Gasteiger partial charge in [-0.05, 0) is 34.5 Å². The van der Waals surface area contributed by atoms with Gasteiger partial charge in [0.2, 0.25) is 0 Å². The van der Waals surface area contributed by atoms with Crippen LogP contribution < -0.4 is 9.64 Å². The Morgan fingerprint density at radius 2 is 1.84 bits per heavy atom. The average molecular weight is 398 g/mol. The molecule has 1 aromatic carbocycles. The van der Waals surface area contributed by atoms with E-state index in [0.717, 1.165) is 27.9 Å². The Balaban J connectivity index is 1.77. The van der Waals surface area contributed by atoms with Crippen molar-refractivity contribution in [1.29, 1.82) is 0 Å². The molecule has 6 nitrogen and oxygen atoms in total. The van der Waals surface area contributed by atoms with E-state index in [2.05, 4.69) is 25.5 Å². The van der Waals surface area contributed by atoms with E-state index in [1.165, 1.54) is 0 Å². The molecule has 0 bridgehead atoms. The molecule has 0 aliphatic carbocycles. The molecule has 2 aromatic heterocycles. The third-order valence-corrected chi connectivity index (χ3v) is 5.20. The van der Waals surface area contributed by atoms with Crippen molar-refractivity contribution in [3.63, 3.8) is 0 Å². The van der Waals surface area contributed by atoms with Gasteiger partial charge in [-0.3, -0.25) is 9.59 Å². The zero-order valence-electron chi connectivity index (χ0n) is 13.0. The molecule has 2 aliphatic heterocycles. The molecule has 5 rings (SSSR count). The number of hydrogen-bond donors (Lipinski definition) is 0. The Morgan fingerprint density at radius 1 is 1.12 bits per heavy atom. The summed E-state index contributed by atoms with van der Waals surface area (Å²) >= 11 is 3.55. The number of rotatable bonds is 1. The van der Waals surface area contributed by atoms with E-state index < -0.39 is 0 Å². The lowest BCUT2D eigenvalue weighted by atomic mass is 10.1. The maximum absolute atomic E-state index is 12.8. The number of nitrogens with zero attached hydrogens (tertiary/aromatic N) is 3. The van der Waals surface area contributed by atoms with Crippen molar-refractivity contribution in [2.24, 2.45) is 0 Å². The van der Waals surface area contributed by atoms with E-state index in [-0.39, 0.29) is 11.8 Å². The number of hydrogen-bond acceptors (Lipinski definition) is 4. The van der Waals surface area contributed by atoms with Crippen LogP contribution in [0.25, 0.3) is 10.9 Å². The summed E-state index contributed by atoms with van der Waals surface area (Å²) in [6.45, 7) is 1.42. The van der Waals surface area contributed by atoms with Crippen molar-refractivity contribution in [2.75, 3.05) is 11.5 Å². The highest BCUT2D eigenvalue weighted by Gasteiger charge is 2.39. The second-order valence-electron chi connectivity index (χ2n) is 6.03. The first-order chi connectivity index (χ1) is 12.2. The number of halogens is 1. The number of aryl methyl sites for hydroxylation is 1. The second kappa shape index (κ2) is 5.16. The number of aromatic nitrogens is 2. The fourth-order valence-electron chi connectivity index (χ4n) is 3.50. The van der Waals surface area contributed by atoms with Crippen LogP contribution in [0.5, 0.6) is 5.75 Å². The van der Waals surface area contributed by atoms with Gasteiger partial charge in [0.1, 0.15) is 0 Å². The van der Waals surface area contributed by atoms with Crippen LogP contribution in [0.15, 0.2) is 41.1 Å². The van der Waals surface area contributed by atoms with Crippen LogP contribution in [-0.2, 0) is 6.54 Å². The summed E-state index contributed by atoms with van der Waals surface area (Å²) in [5.74, 6) is 0.301. The Hall–Kier alpha value is -2.67. The standard InChI is InChI=1S/C18H12BrN3O3/c19-12-9-21-6-3-7-25-13-8-20-16(14(12)15(13)21)22-17(23)10-4-1-2-5-11(10)18(22)24/h1-2,4-5,8-9H,3,6-7H2. The first-order valence-electron chi connectivity index (χ1n) is 7.95. The van der Waals surface area contributed by atoms with Crippen LogP contribution in [0.2, 0.25) is 0 Å². The molecule has 0 fully saturated rings. The lowest BCUT2D eigenvalue weighted by molar-refractivity contribution is 0.0925. The monoisotopic (exact) mass is 397 g/mol. The van der Waals surface area contributed by atoms with Crippen molar-refractivity contribution in [2.45, 2.75) is 13.0 Å². The molecule has 2 amide bonds. The number of imide groups is 1. The van der Waals surface area contributed by atoms with Crippen molar-refractivity contribution in [3.05, 3.63) is 52.3 Å². The molecule has 3 aromatic rings. The van der Waals surface area contributed by atoms with Gasteiger partial charge < -0.3 is 9.30 Å². The number of ether oxygens (including phenoxy) is 1.